The summed E-state index contributed by atoms with van der Waals surface area (Å²) in [4.78, 5) is 21.2. The van der Waals surface area contributed by atoms with E-state index in [1.165, 1.54) is 25.1 Å². The maximum atomic E-state index is 12.9. The zero-order chi connectivity index (χ0) is 23.6. The number of likely N-dealkylation sites (tertiary alicyclic amines) is 1. The van der Waals surface area contributed by atoms with Gasteiger partial charge in [0.05, 0.1) is 16.8 Å². The Morgan fingerprint density at radius 2 is 1.91 bits per heavy atom. The third-order valence-electron chi connectivity index (χ3n) is 6.50. The molecule has 8 nitrogen and oxygen atoms in total. The minimum Gasteiger partial charge on any atom is -0.478 e. The van der Waals surface area contributed by atoms with Crippen molar-refractivity contribution >= 4 is 27.5 Å². The van der Waals surface area contributed by atoms with Gasteiger partial charge in [0.25, 0.3) is 10.0 Å². The summed E-state index contributed by atoms with van der Waals surface area (Å²) < 4.78 is 28.3. The number of hydrogen-bond donors (Lipinski definition) is 2. The summed E-state index contributed by atoms with van der Waals surface area (Å²) in [6.07, 6.45) is 6.03. The Bertz CT molecular complexity index is 1130. The van der Waals surface area contributed by atoms with E-state index in [0.717, 1.165) is 51.1 Å². The summed E-state index contributed by atoms with van der Waals surface area (Å²) in [5.74, 6) is -0.238. The third-order valence-corrected chi connectivity index (χ3v) is 8.04. The fraction of sp³-hybridized carbons (Fsp3) is 0.500. The quantitative estimate of drug-likeness (QED) is 0.636. The lowest BCUT2D eigenvalue weighted by atomic mass is 9.97. The van der Waals surface area contributed by atoms with Crippen LogP contribution in [0.3, 0.4) is 0 Å². The number of aromatic carboxylic acids is 1. The van der Waals surface area contributed by atoms with Gasteiger partial charge in [-0.05, 0) is 76.2 Å². The fourth-order valence-corrected chi connectivity index (χ4v) is 6.23. The minimum atomic E-state index is -3.87. The van der Waals surface area contributed by atoms with Crippen LogP contribution in [-0.4, -0.2) is 62.1 Å². The van der Waals surface area contributed by atoms with Crippen LogP contribution in [0.4, 0.5) is 11.5 Å². The molecule has 178 valence electrons. The van der Waals surface area contributed by atoms with Gasteiger partial charge < -0.3 is 14.9 Å². The molecule has 2 aliphatic heterocycles. The Balaban J connectivity index is 1.54. The molecule has 3 heterocycles. The van der Waals surface area contributed by atoms with Gasteiger partial charge in [-0.3, -0.25) is 4.72 Å². The molecule has 4 rings (SSSR count). The van der Waals surface area contributed by atoms with Gasteiger partial charge in [-0.15, -0.1) is 0 Å². The number of aromatic nitrogens is 1. The van der Waals surface area contributed by atoms with Crippen LogP contribution in [0, 0.1) is 19.8 Å². The van der Waals surface area contributed by atoms with Gasteiger partial charge in [-0.1, -0.05) is 17.7 Å². The normalized spacial score (nSPS) is 19.6. The first kappa shape index (κ1) is 23.5. The molecule has 0 spiro atoms. The van der Waals surface area contributed by atoms with Crippen molar-refractivity contribution in [2.75, 3.05) is 42.3 Å². The standard InChI is InChI=1S/C24H32N4O4S/c1-17-7-8-22(18(2)12-17)33(31,32)26-20-13-21(24(29)30)23(25-14-20)28-11-5-6-19(16-28)15-27-9-3-4-10-27/h7-8,12-14,19,26H,3-6,9-11,15-16H2,1-2H3,(H,29,30). The van der Waals surface area contributed by atoms with Crippen molar-refractivity contribution in [3.63, 3.8) is 0 Å². The molecule has 2 N–H and O–H groups in total. The molecule has 0 radical (unpaired) electrons. The van der Waals surface area contributed by atoms with Gasteiger partial charge in [0.2, 0.25) is 0 Å². The number of nitrogens with zero attached hydrogens (tertiary/aromatic N) is 3. The van der Waals surface area contributed by atoms with Crippen LogP contribution in [0.25, 0.3) is 0 Å². The highest BCUT2D eigenvalue weighted by atomic mass is 32.2. The molecule has 2 aromatic rings. The van der Waals surface area contributed by atoms with Crippen molar-refractivity contribution < 1.29 is 18.3 Å². The molecule has 2 saturated heterocycles. The molecule has 33 heavy (non-hydrogen) atoms. The van der Waals surface area contributed by atoms with Gasteiger partial charge >= 0.3 is 5.97 Å². The SMILES string of the molecule is Cc1ccc(S(=O)(=O)Nc2cnc(N3CCCC(CN4CCCC4)C3)c(C(=O)O)c2)c(C)c1. The Kier molecular flexibility index (Phi) is 6.90. The van der Waals surface area contributed by atoms with E-state index in [1.54, 1.807) is 25.1 Å². The number of rotatable bonds is 7. The first-order valence-corrected chi connectivity index (χ1v) is 13.0. The number of carboxylic acid groups (broad SMARTS) is 1. The van der Waals surface area contributed by atoms with E-state index in [-0.39, 0.29) is 16.1 Å². The molecular weight excluding hydrogens is 440 g/mol. The van der Waals surface area contributed by atoms with Crippen molar-refractivity contribution in [1.29, 1.82) is 0 Å². The van der Waals surface area contributed by atoms with E-state index in [0.29, 0.717) is 17.3 Å². The number of hydrogen-bond acceptors (Lipinski definition) is 6. The maximum absolute atomic E-state index is 12.9. The van der Waals surface area contributed by atoms with Gasteiger partial charge in [0.15, 0.2) is 0 Å². The Morgan fingerprint density at radius 1 is 1.15 bits per heavy atom. The average Bonchev–Trinajstić information content (AvgIpc) is 3.26. The van der Waals surface area contributed by atoms with E-state index in [1.807, 2.05) is 11.8 Å². The number of aryl methyl sites for hydroxylation is 2. The molecule has 0 aliphatic carbocycles. The third kappa shape index (κ3) is 5.47. The van der Waals surface area contributed by atoms with Crippen LogP contribution in [0.2, 0.25) is 0 Å². The molecular formula is C24H32N4O4S. The highest BCUT2D eigenvalue weighted by molar-refractivity contribution is 7.92. The van der Waals surface area contributed by atoms with Gasteiger partial charge in [0.1, 0.15) is 11.4 Å². The molecule has 1 aromatic heterocycles. The van der Waals surface area contributed by atoms with Gasteiger partial charge in [-0.25, -0.2) is 18.2 Å². The van der Waals surface area contributed by atoms with Crippen molar-refractivity contribution in [1.82, 2.24) is 9.88 Å². The summed E-state index contributed by atoms with van der Waals surface area (Å²) in [5.41, 5.74) is 1.75. The molecule has 2 fully saturated rings. The van der Waals surface area contributed by atoms with Crippen LogP contribution in [-0.2, 0) is 10.0 Å². The van der Waals surface area contributed by atoms with Crippen LogP contribution >= 0.6 is 0 Å². The number of pyridine rings is 1. The van der Waals surface area contributed by atoms with Crippen LogP contribution < -0.4 is 9.62 Å². The van der Waals surface area contributed by atoms with E-state index in [9.17, 15) is 18.3 Å². The number of piperidine rings is 1. The first-order chi connectivity index (χ1) is 15.7. The predicted molar refractivity (Wildman–Crippen MR) is 129 cm³/mol. The van der Waals surface area contributed by atoms with Crippen LogP contribution in [0.1, 0.15) is 47.2 Å². The lowest BCUT2D eigenvalue weighted by molar-refractivity contribution is 0.0697. The number of carbonyl (C=O) groups is 1. The lowest BCUT2D eigenvalue weighted by Crippen LogP contribution is -2.41. The second-order valence-electron chi connectivity index (χ2n) is 9.24. The monoisotopic (exact) mass is 472 g/mol. The predicted octanol–water partition coefficient (Wildman–Crippen LogP) is 3.51. The lowest BCUT2D eigenvalue weighted by Gasteiger charge is -2.36. The second kappa shape index (κ2) is 9.69. The number of benzene rings is 1. The maximum Gasteiger partial charge on any atom is 0.339 e. The van der Waals surface area contributed by atoms with Gasteiger partial charge in [-0.2, -0.15) is 0 Å². The summed E-state index contributed by atoms with van der Waals surface area (Å²) in [7, 11) is -3.87. The van der Waals surface area contributed by atoms with Gasteiger partial charge in [0, 0.05) is 19.6 Å². The van der Waals surface area contributed by atoms with Crippen molar-refractivity contribution in [2.45, 2.75) is 44.4 Å². The first-order valence-electron chi connectivity index (χ1n) is 11.5. The highest BCUT2D eigenvalue weighted by Gasteiger charge is 2.27. The smallest absolute Gasteiger partial charge is 0.339 e. The number of nitrogens with one attached hydrogen (secondary N) is 1. The van der Waals surface area contributed by atoms with Crippen LogP contribution in [0.5, 0.6) is 0 Å². The summed E-state index contributed by atoms with van der Waals surface area (Å²) in [5, 5.41) is 9.85. The minimum absolute atomic E-state index is 0.0117. The van der Waals surface area contributed by atoms with Crippen molar-refractivity contribution in [2.24, 2.45) is 5.92 Å². The number of carboxylic acids is 1. The van der Waals surface area contributed by atoms with Crippen molar-refractivity contribution in [3.05, 3.63) is 47.2 Å². The molecule has 0 saturated carbocycles. The topological polar surface area (TPSA) is 103 Å². The molecule has 2 aliphatic rings. The largest absolute Gasteiger partial charge is 0.478 e. The second-order valence-corrected chi connectivity index (χ2v) is 10.9. The van der Waals surface area contributed by atoms with E-state index < -0.39 is 16.0 Å². The summed E-state index contributed by atoms with van der Waals surface area (Å²) >= 11 is 0. The zero-order valence-corrected chi connectivity index (χ0v) is 20.1. The zero-order valence-electron chi connectivity index (χ0n) is 19.2. The van der Waals surface area contributed by atoms with E-state index in [4.69, 9.17) is 0 Å². The van der Waals surface area contributed by atoms with Crippen LogP contribution in [0.15, 0.2) is 35.4 Å². The Morgan fingerprint density at radius 3 is 2.61 bits per heavy atom. The molecule has 1 aromatic carbocycles. The fourth-order valence-electron chi connectivity index (χ4n) is 4.97. The molecule has 0 bridgehead atoms. The Hall–Kier alpha value is -2.65. The summed E-state index contributed by atoms with van der Waals surface area (Å²) in [6, 6.07) is 6.46. The number of sulfonamides is 1. The molecule has 1 unspecified atom stereocenters. The Labute approximate surface area is 195 Å². The van der Waals surface area contributed by atoms with E-state index in [2.05, 4.69) is 14.6 Å². The van der Waals surface area contributed by atoms with E-state index >= 15 is 0 Å². The average molecular weight is 473 g/mol. The van der Waals surface area contributed by atoms with Crippen molar-refractivity contribution in [3.8, 4) is 0 Å². The molecule has 0 amide bonds. The molecule has 9 heteroatoms. The highest BCUT2D eigenvalue weighted by Crippen LogP contribution is 2.29. The molecule has 1 atom stereocenters. The summed E-state index contributed by atoms with van der Waals surface area (Å²) in [6.45, 7) is 8.46. The number of anilines is 2.